The van der Waals surface area contributed by atoms with Crippen LogP contribution in [0.4, 0.5) is 11.5 Å². The highest BCUT2D eigenvalue weighted by atomic mass is 35.5. The molecule has 2 amide bonds. The van der Waals surface area contributed by atoms with E-state index in [1.54, 1.807) is 48.2 Å². The smallest absolute Gasteiger partial charge is 0.258 e. The molecule has 2 N–H and O–H groups in total. The molecule has 0 aliphatic carbocycles. The summed E-state index contributed by atoms with van der Waals surface area (Å²) in [7, 11) is 0. The van der Waals surface area contributed by atoms with Crippen molar-refractivity contribution in [1.29, 1.82) is 0 Å². The van der Waals surface area contributed by atoms with Gasteiger partial charge in [0.25, 0.3) is 5.91 Å². The Kier molecular flexibility index (Phi) is 6.72. The number of aromatic nitrogens is 3. The summed E-state index contributed by atoms with van der Waals surface area (Å²) in [6.07, 6.45) is 3.45. The lowest BCUT2D eigenvalue weighted by atomic mass is 10.1. The number of amides is 2. The lowest BCUT2D eigenvalue weighted by Crippen LogP contribution is -2.22. The highest BCUT2D eigenvalue weighted by molar-refractivity contribution is 7.97. The second kappa shape index (κ2) is 9.84. The molecule has 0 atom stereocenters. The molecule has 162 valence electrons. The van der Waals surface area contributed by atoms with E-state index in [2.05, 4.69) is 20.6 Å². The van der Waals surface area contributed by atoms with Crippen LogP contribution in [0.25, 0.3) is 11.0 Å². The van der Waals surface area contributed by atoms with Gasteiger partial charge < -0.3 is 15.2 Å². The lowest BCUT2D eigenvalue weighted by molar-refractivity contribution is -0.116. The van der Waals surface area contributed by atoms with Crippen LogP contribution in [0.5, 0.6) is 0 Å². The number of carbonyl (C=O) groups is 2. The molecule has 0 aliphatic heterocycles. The van der Waals surface area contributed by atoms with E-state index in [1.807, 2.05) is 35.1 Å². The zero-order valence-corrected chi connectivity index (χ0v) is 18.8. The van der Waals surface area contributed by atoms with Gasteiger partial charge in [-0.25, -0.2) is 9.97 Å². The summed E-state index contributed by atoms with van der Waals surface area (Å²) in [5.41, 5.74) is 2.49. The second-order valence-electron chi connectivity index (χ2n) is 6.95. The molecular formula is C23H20ClN5O2S. The number of hydrogen-bond acceptors (Lipinski definition) is 5. The Bertz CT molecular complexity index is 1270. The van der Waals surface area contributed by atoms with Crippen molar-refractivity contribution in [3.63, 3.8) is 0 Å². The highest BCUT2D eigenvalue weighted by Crippen LogP contribution is 2.21. The number of pyridine rings is 1. The fraction of sp³-hybridized carbons (Fsp3) is 0.130. The van der Waals surface area contributed by atoms with E-state index in [0.29, 0.717) is 27.8 Å². The first kappa shape index (κ1) is 21.9. The van der Waals surface area contributed by atoms with E-state index in [-0.39, 0.29) is 18.4 Å². The molecule has 4 rings (SSSR count). The Balaban J connectivity index is 1.53. The van der Waals surface area contributed by atoms with Crippen LogP contribution >= 0.6 is 23.4 Å². The van der Waals surface area contributed by atoms with Crippen LogP contribution in [-0.4, -0.2) is 32.6 Å². The number of thioether (sulfide) groups is 1. The summed E-state index contributed by atoms with van der Waals surface area (Å²) in [6.45, 7) is 0.0884. The van der Waals surface area contributed by atoms with Crippen LogP contribution < -0.4 is 10.6 Å². The number of halogens is 1. The van der Waals surface area contributed by atoms with Crippen molar-refractivity contribution in [2.24, 2.45) is 0 Å². The zero-order chi connectivity index (χ0) is 22.5. The SMILES string of the molecule is CSCc1nc2ccccc2n1CC(=O)Nc1ccccc1C(=O)Nc1ccc(Cl)cn1. The van der Waals surface area contributed by atoms with Crippen molar-refractivity contribution in [2.45, 2.75) is 12.3 Å². The fourth-order valence-electron chi connectivity index (χ4n) is 3.30. The van der Waals surface area contributed by atoms with E-state index in [0.717, 1.165) is 16.9 Å². The highest BCUT2D eigenvalue weighted by Gasteiger charge is 2.17. The van der Waals surface area contributed by atoms with Gasteiger partial charge in [-0.05, 0) is 42.7 Å². The maximum atomic E-state index is 12.9. The number of rotatable bonds is 7. The molecule has 2 heterocycles. The molecular weight excluding hydrogens is 446 g/mol. The minimum atomic E-state index is -0.383. The second-order valence-corrected chi connectivity index (χ2v) is 8.25. The average molecular weight is 466 g/mol. The Labute approximate surface area is 194 Å². The first-order valence-electron chi connectivity index (χ1n) is 9.80. The molecule has 0 radical (unpaired) electrons. The molecule has 0 bridgehead atoms. The maximum Gasteiger partial charge on any atom is 0.258 e. The average Bonchev–Trinajstić information content (AvgIpc) is 3.13. The topological polar surface area (TPSA) is 88.9 Å². The molecule has 32 heavy (non-hydrogen) atoms. The fourth-order valence-corrected chi connectivity index (χ4v) is 3.89. The Morgan fingerprint density at radius 1 is 1.03 bits per heavy atom. The third-order valence-electron chi connectivity index (χ3n) is 4.72. The lowest BCUT2D eigenvalue weighted by Gasteiger charge is -2.13. The van der Waals surface area contributed by atoms with Crippen LogP contribution in [0.3, 0.4) is 0 Å². The summed E-state index contributed by atoms with van der Waals surface area (Å²) in [5.74, 6) is 1.25. The number of benzene rings is 2. The summed E-state index contributed by atoms with van der Waals surface area (Å²) in [5, 5.41) is 6.05. The van der Waals surface area contributed by atoms with Crippen molar-refractivity contribution in [2.75, 3.05) is 16.9 Å². The van der Waals surface area contributed by atoms with Gasteiger partial charge in [-0.1, -0.05) is 35.9 Å². The van der Waals surface area contributed by atoms with Gasteiger partial charge in [0.05, 0.1) is 33.1 Å². The number of fused-ring (bicyclic) bond motifs is 1. The minimum absolute atomic E-state index is 0.0884. The van der Waals surface area contributed by atoms with Crippen molar-refractivity contribution < 1.29 is 9.59 Å². The molecule has 9 heteroatoms. The molecule has 2 aromatic carbocycles. The number of nitrogens with one attached hydrogen (secondary N) is 2. The normalized spacial score (nSPS) is 10.8. The van der Waals surface area contributed by atoms with Crippen molar-refractivity contribution in [1.82, 2.24) is 14.5 Å². The Hall–Kier alpha value is -3.36. The minimum Gasteiger partial charge on any atom is -0.324 e. The van der Waals surface area contributed by atoms with Crippen molar-refractivity contribution >= 4 is 57.7 Å². The third kappa shape index (κ3) is 4.92. The summed E-state index contributed by atoms with van der Waals surface area (Å²) in [6, 6.07) is 17.8. The first-order chi connectivity index (χ1) is 15.5. The molecule has 0 saturated heterocycles. The van der Waals surface area contributed by atoms with E-state index < -0.39 is 0 Å². The van der Waals surface area contributed by atoms with Crippen LogP contribution in [-0.2, 0) is 17.1 Å². The Morgan fingerprint density at radius 3 is 2.59 bits per heavy atom. The van der Waals surface area contributed by atoms with Crippen LogP contribution in [0.2, 0.25) is 5.02 Å². The summed E-state index contributed by atoms with van der Waals surface area (Å²) in [4.78, 5) is 34.4. The van der Waals surface area contributed by atoms with E-state index in [4.69, 9.17) is 11.6 Å². The van der Waals surface area contributed by atoms with Gasteiger partial charge in [0.1, 0.15) is 18.2 Å². The molecule has 0 fully saturated rings. The van der Waals surface area contributed by atoms with Gasteiger partial charge in [-0.3, -0.25) is 9.59 Å². The number of nitrogens with zero attached hydrogens (tertiary/aromatic N) is 3. The quantitative estimate of drug-likeness (QED) is 0.407. The monoisotopic (exact) mass is 465 g/mol. The molecule has 2 aromatic heterocycles. The van der Waals surface area contributed by atoms with E-state index in [1.165, 1.54) is 6.20 Å². The summed E-state index contributed by atoms with van der Waals surface area (Å²) < 4.78 is 1.90. The van der Waals surface area contributed by atoms with Crippen molar-refractivity contribution in [3.05, 3.63) is 83.3 Å². The van der Waals surface area contributed by atoms with Crippen molar-refractivity contribution in [3.8, 4) is 0 Å². The number of para-hydroxylation sites is 3. The van der Waals surface area contributed by atoms with Gasteiger partial charge in [0, 0.05) is 6.20 Å². The first-order valence-corrected chi connectivity index (χ1v) is 11.6. The van der Waals surface area contributed by atoms with E-state index >= 15 is 0 Å². The maximum absolute atomic E-state index is 12.9. The molecule has 7 nitrogen and oxygen atoms in total. The predicted molar refractivity (Wildman–Crippen MR) is 129 cm³/mol. The van der Waals surface area contributed by atoms with Crippen LogP contribution in [0, 0.1) is 0 Å². The Morgan fingerprint density at radius 2 is 1.81 bits per heavy atom. The number of anilines is 2. The third-order valence-corrected chi connectivity index (χ3v) is 5.49. The number of hydrogen-bond donors (Lipinski definition) is 2. The van der Waals surface area contributed by atoms with Gasteiger partial charge in [0.15, 0.2) is 0 Å². The molecule has 0 spiro atoms. The standard InChI is InChI=1S/C23H20ClN5O2S/c1-32-14-21-26-18-8-4-5-9-19(18)29(21)13-22(30)27-17-7-3-2-6-16(17)23(31)28-20-11-10-15(24)12-25-20/h2-12H,13-14H2,1H3,(H,27,30)(H,25,28,31). The number of imidazole rings is 1. The van der Waals surface area contributed by atoms with Crippen LogP contribution in [0.15, 0.2) is 66.9 Å². The van der Waals surface area contributed by atoms with Gasteiger partial charge in [0.2, 0.25) is 5.91 Å². The largest absolute Gasteiger partial charge is 0.324 e. The summed E-state index contributed by atoms with van der Waals surface area (Å²) >= 11 is 7.48. The predicted octanol–water partition coefficient (Wildman–Crippen LogP) is 4.84. The number of carbonyl (C=O) groups excluding carboxylic acids is 2. The van der Waals surface area contributed by atoms with Gasteiger partial charge in [-0.2, -0.15) is 11.8 Å². The zero-order valence-electron chi connectivity index (χ0n) is 17.2. The molecule has 4 aromatic rings. The van der Waals surface area contributed by atoms with Crippen LogP contribution in [0.1, 0.15) is 16.2 Å². The molecule has 0 saturated carbocycles. The molecule has 0 unspecified atom stereocenters. The molecule has 0 aliphatic rings. The van der Waals surface area contributed by atoms with Gasteiger partial charge >= 0.3 is 0 Å². The van der Waals surface area contributed by atoms with E-state index in [9.17, 15) is 9.59 Å². The van der Waals surface area contributed by atoms with Gasteiger partial charge in [-0.15, -0.1) is 0 Å².